The Morgan fingerprint density at radius 3 is 2.67 bits per heavy atom. The van der Waals surface area contributed by atoms with E-state index in [4.69, 9.17) is 16.0 Å². The second-order valence-electron chi connectivity index (χ2n) is 3.62. The molecular weight excluding hydrogens is 320 g/mol. The van der Waals surface area contributed by atoms with Crippen LogP contribution in [0.3, 0.4) is 0 Å². The van der Waals surface area contributed by atoms with Gasteiger partial charge in [-0.25, -0.2) is 9.78 Å². The van der Waals surface area contributed by atoms with E-state index in [-0.39, 0.29) is 6.01 Å². The van der Waals surface area contributed by atoms with E-state index in [1.165, 1.54) is 0 Å². The average molecular weight is 330 g/mol. The second-order valence-corrected chi connectivity index (χ2v) is 4.85. The molecule has 1 N–H and O–H groups in total. The maximum Gasteiger partial charge on any atom is 0.354 e. The van der Waals surface area contributed by atoms with Crippen LogP contribution in [0.2, 0.25) is 5.02 Å². The van der Waals surface area contributed by atoms with E-state index < -0.39 is 5.63 Å². The lowest BCUT2D eigenvalue weighted by Crippen LogP contribution is -2.10. The summed E-state index contributed by atoms with van der Waals surface area (Å²) in [6.07, 6.45) is 0.526. The van der Waals surface area contributed by atoms with E-state index in [0.29, 0.717) is 21.6 Å². The van der Waals surface area contributed by atoms with Crippen LogP contribution in [0, 0.1) is 0 Å². The first-order valence-electron chi connectivity index (χ1n) is 5.22. The number of nitrogens with one attached hydrogen (secondary N) is 1. The van der Waals surface area contributed by atoms with Crippen LogP contribution in [0.5, 0.6) is 0 Å². The molecule has 1 heterocycles. The van der Waals surface area contributed by atoms with Gasteiger partial charge in [-0.05, 0) is 33.6 Å². The van der Waals surface area contributed by atoms with Crippen LogP contribution in [0.15, 0.2) is 37.9 Å². The van der Waals surface area contributed by atoms with Crippen molar-refractivity contribution in [3.05, 3.63) is 55.4 Å². The quantitative estimate of drug-likeness (QED) is 0.940. The van der Waals surface area contributed by atoms with Crippen LogP contribution in [-0.4, -0.2) is 12.0 Å². The highest BCUT2D eigenvalue weighted by Crippen LogP contribution is 2.18. The maximum absolute atomic E-state index is 11.5. The molecule has 0 radical (unpaired) electrons. The molecule has 0 bridgehead atoms. The summed E-state index contributed by atoms with van der Waals surface area (Å²) in [5, 5.41) is 3.39. The lowest BCUT2D eigenvalue weighted by Gasteiger charge is -2.05. The molecule has 2 rings (SSSR count). The molecule has 18 heavy (non-hydrogen) atoms. The smallest absolute Gasteiger partial charge is 0.354 e. The van der Waals surface area contributed by atoms with Crippen molar-refractivity contribution in [2.45, 2.75) is 6.42 Å². The monoisotopic (exact) mass is 328 g/mol. The van der Waals surface area contributed by atoms with Gasteiger partial charge in [0.05, 0.1) is 5.69 Å². The summed E-state index contributed by atoms with van der Waals surface area (Å²) in [5.41, 5.74) is 1.19. The van der Waals surface area contributed by atoms with Gasteiger partial charge in [0, 0.05) is 18.5 Å². The van der Waals surface area contributed by atoms with Crippen molar-refractivity contribution >= 4 is 33.5 Å². The summed E-state index contributed by atoms with van der Waals surface area (Å²) in [6, 6.07) is 7.59. The number of hydrogen-bond donors (Lipinski definition) is 1. The van der Waals surface area contributed by atoms with E-state index >= 15 is 0 Å². The second kappa shape index (κ2) is 5.54. The Hall–Kier alpha value is -1.33. The summed E-state index contributed by atoms with van der Waals surface area (Å²) in [5.74, 6) is 0. The number of halogens is 2. The molecule has 4 nitrogen and oxygen atoms in total. The third-order valence-electron chi connectivity index (χ3n) is 2.36. The Bertz CT molecular complexity index is 610. The lowest BCUT2D eigenvalue weighted by atomic mass is 10.1. The van der Waals surface area contributed by atoms with E-state index in [9.17, 15) is 4.79 Å². The van der Waals surface area contributed by atoms with Crippen LogP contribution in [0.1, 0.15) is 11.3 Å². The first kappa shape index (κ1) is 13.1. The van der Waals surface area contributed by atoms with Crippen LogP contribution >= 0.6 is 27.5 Å². The maximum atomic E-state index is 11.5. The third-order valence-corrected chi connectivity index (χ3v) is 3.39. The molecule has 0 aliphatic heterocycles. The molecule has 0 aliphatic rings. The summed E-state index contributed by atoms with van der Waals surface area (Å²) in [6.45, 7) is 0. The van der Waals surface area contributed by atoms with Gasteiger partial charge in [0.2, 0.25) is 0 Å². The van der Waals surface area contributed by atoms with Crippen molar-refractivity contribution in [3.63, 3.8) is 0 Å². The third kappa shape index (κ3) is 2.91. The van der Waals surface area contributed by atoms with Gasteiger partial charge in [0.15, 0.2) is 0 Å². The van der Waals surface area contributed by atoms with E-state index in [1.54, 1.807) is 19.2 Å². The fourth-order valence-corrected chi connectivity index (χ4v) is 1.90. The molecule has 1 aromatic carbocycles. The van der Waals surface area contributed by atoms with E-state index in [2.05, 4.69) is 26.2 Å². The fraction of sp³-hybridized carbons (Fsp3) is 0.167. The molecule has 1 aromatic heterocycles. The zero-order valence-electron chi connectivity index (χ0n) is 9.54. The Labute approximate surface area is 117 Å². The average Bonchev–Trinajstić information content (AvgIpc) is 2.37. The van der Waals surface area contributed by atoms with Crippen LogP contribution in [0.4, 0.5) is 6.01 Å². The molecule has 0 saturated heterocycles. The van der Waals surface area contributed by atoms with Crippen molar-refractivity contribution in [2.24, 2.45) is 0 Å². The standard InChI is InChI=1S/C12H10BrClN2O2/c1-15-12-16-9(10(13)11(17)18-12)6-7-2-4-8(14)5-3-7/h2-5H,6H2,1H3,(H,15,16). The highest BCUT2D eigenvalue weighted by Gasteiger charge is 2.11. The van der Waals surface area contributed by atoms with Gasteiger partial charge in [-0.3, -0.25) is 0 Å². The molecule has 0 aliphatic carbocycles. The molecule has 0 amide bonds. The number of anilines is 1. The molecule has 0 saturated carbocycles. The number of aromatic nitrogens is 1. The van der Waals surface area contributed by atoms with Gasteiger partial charge in [0.25, 0.3) is 6.01 Å². The lowest BCUT2D eigenvalue weighted by molar-refractivity contribution is 0.500. The van der Waals surface area contributed by atoms with Crippen LogP contribution in [0.25, 0.3) is 0 Å². The van der Waals surface area contributed by atoms with Gasteiger partial charge in [-0.2, -0.15) is 0 Å². The SMILES string of the molecule is CNc1nc(Cc2ccc(Cl)cc2)c(Br)c(=O)o1. The molecular formula is C12H10BrClN2O2. The zero-order chi connectivity index (χ0) is 13.1. The Kier molecular flexibility index (Phi) is 4.04. The largest absolute Gasteiger partial charge is 0.388 e. The predicted octanol–water partition coefficient (Wildman–Crippen LogP) is 3.08. The van der Waals surface area contributed by atoms with Gasteiger partial charge in [-0.1, -0.05) is 23.7 Å². The van der Waals surface area contributed by atoms with Crippen molar-refractivity contribution in [3.8, 4) is 0 Å². The van der Waals surface area contributed by atoms with Gasteiger partial charge in [0.1, 0.15) is 4.47 Å². The molecule has 0 fully saturated rings. The summed E-state index contributed by atoms with van der Waals surface area (Å²) in [4.78, 5) is 15.8. The van der Waals surface area contributed by atoms with Gasteiger partial charge < -0.3 is 9.73 Å². The molecule has 2 aromatic rings. The summed E-state index contributed by atoms with van der Waals surface area (Å²) < 4.78 is 5.25. The van der Waals surface area contributed by atoms with Crippen molar-refractivity contribution in [1.29, 1.82) is 0 Å². The number of nitrogens with zero attached hydrogens (tertiary/aromatic N) is 1. The Morgan fingerprint density at radius 1 is 1.39 bits per heavy atom. The molecule has 0 atom stereocenters. The molecule has 0 unspecified atom stereocenters. The highest BCUT2D eigenvalue weighted by molar-refractivity contribution is 9.10. The van der Waals surface area contributed by atoms with Crippen LogP contribution in [-0.2, 0) is 6.42 Å². The topological polar surface area (TPSA) is 55.1 Å². The predicted molar refractivity (Wildman–Crippen MR) is 74.3 cm³/mol. The highest BCUT2D eigenvalue weighted by atomic mass is 79.9. The number of hydrogen-bond acceptors (Lipinski definition) is 4. The van der Waals surface area contributed by atoms with Crippen molar-refractivity contribution in [1.82, 2.24) is 4.98 Å². The minimum absolute atomic E-state index is 0.201. The minimum Gasteiger partial charge on any atom is -0.388 e. The summed E-state index contributed by atoms with van der Waals surface area (Å²) in [7, 11) is 1.64. The molecule has 6 heteroatoms. The number of rotatable bonds is 3. The summed E-state index contributed by atoms with van der Waals surface area (Å²) >= 11 is 9.01. The normalized spacial score (nSPS) is 10.4. The van der Waals surface area contributed by atoms with E-state index in [1.807, 2.05) is 12.1 Å². The zero-order valence-corrected chi connectivity index (χ0v) is 11.9. The van der Waals surface area contributed by atoms with Crippen LogP contribution < -0.4 is 10.9 Å². The Balaban J connectivity index is 2.36. The minimum atomic E-state index is -0.446. The van der Waals surface area contributed by atoms with Gasteiger partial charge in [-0.15, -0.1) is 0 Å². The Morgan fingerprint density at radius 2 is 2.06 bits per heavy atom. The number of benzene rings is 1. The molecule has 0 spiro atoms. The first-order valence-corrected chi connectivity index (χ1v) is 6.39. The van der Waals surface area contributed by atoms with E-state index in [0.717, 1.165) is 5.56 Å². The van der Waals surface area contributed by atoms with Gasteiger partial charge >= 0.3 is 5.63 Å². The fourth-order valence-electron chi connectivity index (χ4n) is 1.46. The van der Waals surface area contributed by atoms with Crippen molar-refractivity contribution < 1.29 is 4.42 Å². The first-order chi connectivity index (χ1) is 8.60. The molecule has 94 valence electrons. The van der Waals surface area contributed by atoms with Crippen molar-refractivity contribution in [2.75, 3.05) is 12.4 Å².